The summed E-state index contributed by atoms with van der Waals surface area (Å²) >= 11 is 10.8. The van der Waals surface area contributed by atoms with Crippen LogP contribution in [0.4, 0.5) is 4.39 Å². The number of hydrogen-bond acceptors (Lipinski definition) is 3. The fraction of sp³-hybridized carbons (Fsp3) is 0.250. The predicted molar refractivity (Wildman–Crippen MR) is 89.2 cm³/mol. The Balaban J connectivity index is 2.15. The number of pyridine rings is 1. The molecule has 0 unspecified atom stereocenters. The Hall–Kier alpha value is -1.89. The number of rotatable bonds is 6. The van der Waals surface area contributed by atoms with Gasteiger partial charge in [0.25, 0.3) is 5.91 Å². The smallest absolute Gasteiger partial charge is 0.253 e. The number of aliphatic hydroxyl groups is 1. The number of nitrogens with zero attached hydrogens (tertiary/aromatic N) is 1. The van der Waals surface area contributed by atoms with Crippen molar-refractivity contribution in [3.63, 3.8) is 0 Å². The summed E-state index contributed by atoms with van der Waals surface area (Å²) in [5.41, 5.74) is 1.88. The Morgan fingerprint density at radius 3 is 2.46 bits per heavy atom. The van der Waals surface area contributed by atoms with Crippen LogP contribution in [0, 0.1) is 5.21 Å². The summed E-state index contributed by atoms with van der Waals surface area (Å²) in [6.45, 7) is -0.982. The fourth-order valence-electron chi connectivity index (χ4n) is 2.18. The standard InChI is InChI=1S/C16H15Cl2FN2O3/c17-15(18)16(23)20-13(8-19)14(22)11-5-3-10(4-6-11)12-2-1-7-21(24)9-12/h1-7,9,13-15,22H,8H2,(H,20,23)/t13-,14-/m1/s1. The molecule has 1 heterocycles. The maximum Gasteiger partial charge on any atom is 0.253 e. The van der Waals surface area contributed by atoms with Crippen molar-refractivity contribution in [2.45, 2.75) is 17.0 Å². The first-order valence-electron chi connectivity index (χ1n) is 7.04. The minimum atomic E-state index is -1.34. The quantitative estimate of drug-likeness (QED) is 0.464. The van der Waals surface area contributed by atoms with Gasteiger partial charge < -0.3 is 15.6 Å². The summed E-state index contributed by atoms with van der Waals surface area (Å²) in [5.74, 6) is -0.777. The van der Waals surface area contributed by atoms with Crippen molar-refractivity contribution in [1.82, 2.24) is 5.32 Å². The lowest BCUT2D eigenvalue weighted by molar-refractivity contribution is -0.604. The van der Waals surface area contributed by atoms with Crippen molar-refractivity contribution >= 4 is 29.1 Å². The van der Waals surface area contributed by atoms with Crippen molar-refractivity contribution in [3.05, 3.63) is 59.6 Å². The van der Waals surface area contributed by atoms with E-state index in [0.29, 0.717) is 15.9 Å². The number of nitrogens with one attached hydrogen (secondary N) is 1. The van der Waals surface area contributed by atoms with Gasteiger partial charge in [0.1, 0.15) is 12.8 Å². The largest absolute Gasteiger partial charge is 0.619 e. The lowest BCUT2D eigenvalue weighted by Crippen LogP contribution is -2.43. The minimum Gasteiger partial charge on any atom is -0.619 e. The molecule has 0 bridgehead atoms. The molecule has 128 valence electrons. The van der Waals surface area contributed by atoms with Gasteiger partial charge in [-0.2, -0.15) is 4.73 Å². The number of benzene rings is 1. The summed E-state index contributed by atoms with van der Waals surface area (Å²) in [5, 5.41) is 23.8. The summed E-state index contributed by atoms with van der Waals surface area (Å²) < 4.78 is 13.8. The second-order valence-corrected chi connectivity index (χ2v) is 6.19. The zero-order valence-corrected chi connectivity index (χ0v) is 13.9. The number of hydrogen-bond donors (Lipinski definition) is 2. The van der Waals surface area contributed by atoms with Crippen LogP contribution in [-0.4, -0.2) is 28.6 Å². The van der Waals surface area contributed by atoms with Crippen LogP contribution in [0.15, 0.2) is 48.8 Å². The van der Waals surface area contributed by atoms with E-state index >= 15 is 0 Å². The molecule has 2 atom stereocenters. The normalized spacial score (nSPS) is 13.5. The van der Waals surface area contributed by atoms with E-state index in [4.69, 9.17) is 23.2 Å². The van der Waals surface area contributed by atoms with Gasteiger partial charge in [-0.3, -0.25) is 4.79 Å². The van der Waals surface area contributed by atoms with Gasteiger partial charge in [0.15, 0.2) is 17.2 Å². The molecule has 2 aromatic rings. The summed E-state index contributed by atoms with van der Waals surface area (Å²) in [4.78, 5) is 10.1. The lowest BCUT2D eigenvalue weighted by Gasteiger charge is -2.22. The number of halogens is 3. The predicted octanol–water partition coefficient (Wildman–Crippen LogP) is 2.28. The molecular formula is C16H15Cl2FN2O3. The van der Waals surface area contributed by atoms with Gasteiger partial charge in [-0.25, -0.2) is 4.39 Å². The van der Waals surface area contributed by atoms with Gasteiger partial charge in [0.2, 0.25) is 0 Å². The minimum absolute atomic E-state index is 0.410. The fourth-order valence-corrected chi connectivity index (χ4v) is 2.30. The van der Waals surface area contributed by atoms with Crippen LogP contribution in [0.5, 0.6) is 0 Å². The first-order valence-corrected chi connectivity index (χ1v) is 7.91. The van der Waals surface area contributed by atoms with Crippen LogP contribution in [-0.2, 0) is 4.79 Å². The Morgan fingerprint density at radius 1 is 1.25 bits per heavy atom. The number of alkyl halides is 3. The highest BCUT2D eigenvalue weighted by Crippen LogP contribution is 2.23. The molecule has 0 aliphatic carbocycles. The third kappa shape index (κ3) is 4.56. The molecule has 0 aliphatic heterocycles. The molecule has 2 N–H and O–H groups in total. The molecule has 0 aliphatic rings. The van der Waals surface area contributed by atoms with Gasteiger partial charge in [0, 0.05) is 11.6 Å². The van der Waals surface area contributed by atoms with Crippen LogP contribution < -0.4 is 10.0 Å². The maximum absolute atomic E-state index is 13.1. The van der Waals surface area contributed by atoms with Gasteiger partial charge in [-0.05, 0) is 17.2 Å². The Morgan fingerprint density at radius 2 is 1.92 bits per heavy atom. The molecule has 5 nitrogen and oxygen atoms in total. The van der Waals surface area contributed by atoms with E-state index < -0.39 is 29.6 Å². The van der Waals surface area contributed by atoms with E-state index in [2.05, 4.69) is 5.32 Å². The van der Waals surface area contributed by atoms with Crippen molar-refractivity contribution < 1.29 is 19.0 Å². The number of amides is 1. The molecule has 0 saturated carbocycles. The highest BCUT2D eigenvalue weighted by Gasteiger charge is 2.25. The van der Waals surface area contributed by atoms with Crippen LogP contribution in [0.2, 0.25) is 0 Å². The van der Waals surface area contributed by atoms with Crippen molar-refractivity contribution in [2.24, 2.45) is 0 Å². The number of aliphatic hydroxyl groups excluding tert-OH is 1. The maximum atomic E-state index is 13.1. The van der Waals surface area contributed by atoms with Crippen molar-refractivity contribution in [2.75, 3.05) is 6.67 Å². The number of aromatic nitrogens is 1. The van der Waals surface area contributed by atoms with Gasteiger partial charge in [-0.15, -0.1) is 0 Å². The highest BCUT2D eigenvalue weighted by molar-refractivity contribution is 6.53. The molecular weight excluding hydrogens is 358 g/mol. The summed E-state index contributed by atoms with van der Waals surface area (Å²) in [6, 6.07) is 8.79. The van der Waals surface area contributed by atoms with E-state index in [1.54, 1.807) is 36.4 Å². The zero-order valence-electron chi connectivity index (χ0n) is 12.4. The zero-order chi connectivity index (χ0) is 17.7. The first kappa shape index (κ1) is 18.4. The summed E-state index contributed by atoms with van der Waals surface area (Å²) in [6.07, 6.45) is 1.52. The third-order valence-corrected chi connectivity index (χ3v) is 3.83. The van der Waals surface area contributed by atoms with Crippen molar-refractivity contribution in [3.8, 4) is 11.1 Å². The van der Waals surface area contributed by atoms with Crippen molar-refractivity contribution in [1.29, 1.82) is 0 Å². The molecule has 1 aromatic heterocycles. The molecule has 0 radical (unpaired) electrons. The third-order valence-electron chi connectivity index (χ3n) is 3.43. The summed E-state index contributed by atoms with van der Waals surface area (Å²) in [7, 11) is 0. The Labute approximate surface area is 148 Å². The van der Waals surface area contributed by atoms with E-state index in [1.807, 2.05) is 0 Å². The second kappa shape index (κ2) is 8.28. The van der Waals surface area contributed by atoms with E-state index in [0.717, 1.165) is 5.56 Å². The molecule has 2 rings (SSSR count). The Bertz CT molecular complexity index is 698. The van der Waals surface area contributed by atoms with E-state index in [1.165, 1.54) is 12.4 Å². The Kier molecular flexibility index (Phi) is 6.36. The molecule has 24 heavy (non-hydrogen) atoms. The molecule has 1 aromatic carbocycles. The van der Waals surface area contributed by atoms with Crippen LogP contribution in [0.25, 0.3) is 11.1 Å². The van der Waals surface area contributed by atoms with Gasteiger partial charge in [-0.1, -0.05) is 47.5 Å². The highest BCUT2D eigenvalue weighted by atomic mass is 35.5. The molecule has 8 heteroatoms. The lowest BCUT2D eigenvalue weighted by atomic mass is 9.99. The van der Waals surface area contributed by atoms with Crippen LogP contribution >= 0.6 is 23.2 Å². The van der Waals surface area contributed by atoms with E-state index in [-0.39, 0.29) is 0 Å². The average molecular weight is 373 g/mol. The van der Waals surface area contributed by atoms with Gasteiger partial charge >= 0.3 is 0 Å². The monoisotopic (exact) mass is 372 g/mol. The molecule has 0 saturated heterocycles. The van der Waals surface area contributed by atoms with E-state index in [9.17, 15) is 19.5 Å². The van der Waals surface area contributed by atoms with Gasteiger partial charge in [0.05, 0.1) is 6.04 Å². The molecule has 0 fully saturated rings. The van der Waals surface area contributed by atoms with Crippen LogP contribution in [0.1, 0.15) is 11.7 Å². The number of carbonyl (C=O) groups is 1. The topological polar surface area (TPSA) is 76.3 Å². The second-order valence-electron chi connectivity index (χ2n) is 5.09. The molecule has 0 spiro atoms. The molecule has 1 amide bonds. The SMILES string of the molecule is O=C(N[C@H](CF)[C@H](O)c1ccc(-c2ccc[n+]([O-])c2)cc1)C(Cl)Cl. The number of carbonyl (C=O) groups excluding carboxylic acids is 1. The average Bonchev–Trinajstić information content (AvgIpc) is 2.59. The van der Waals surface area contributed by atoms with Crippen LogP contribution in [0.3, 0.4) is 0 Å². The first-order chi connectivity index (χ1) is 11.4.